The van der Waals surface area contributed by atoms with Gasteiger partial charge in [0.05, 0.1) is 0 Å². The zero-order valence-corrected chi connectivity index (χ0v) is 30.0. The third kappa shape index (κ3) is 11.9. The number of halogens is 7. The fraction of sp³-hybridized carbons (Fsp3) is 0.486. The average Bonchev–Trinajstić information content (AvgIpc) is 2.99. The summed E-state index contributed by atoms with van der Waals surface area (Å²) in [6.45, 7) is 14.6. The Hall–Kier alpha value is -1.55. The molecule has 1 atom stereocenters. The molecule has 258 valence electrons. The summed E-state index contributed by atoms with van der Waals surface area (Å²) >= 11 is 0. The molecule has 5 rings (SSSR count). The van der Waals surface area contributed by atoms with Crippen LogP contribution < -0.4 is 0 Å². The summed E-state index contributed by atoms with van der Waals surface area (Å²) in [7, 11) is 0. The SMILES string of the molecule is CC(C)N1CCN(C(CN2CCN(CCCC(c3cccc(F)c3)c3cccc(F)c3)CC2)c2ccc(F)cc2)CC1.Cl.Cl.Cl.Cl. The maximum Gasteiger partial charge on any atom is 0.123 e. The second kappa shape index (κ2) is 20.7. The van der Waals surface area contributed by atoms with Gasteiger partial charge in [0.2, 0.25) is 0 Å². The molecule has 2 heterocycles. The first-order valence-electron chi connectivity index (χ1n) is 15.5. The van der Waals surface area contributed by atoms with Gasteiger partial charge in [-0.3, -0.25) is 14.7 Å². The molecule has 0 aromatic heterocycles. The molecule has 1 unspecified atom stereocenters. The van der Waals surface area contributed by atoms with E-state index in [2.05, 4.69) is 33.4 Å². The molecule has 0 amide bonds. The predicted octanol–water partition coefficient (Wildman–Crippen LogP) is 8.09. The Kier molecular flexibility index (Phi) is 19.1. The Morgan fingerprint density at radius 3 is 1.57 bits per heavy atom. The zero-order valence-electron chi connectivity index (χ0n) is 26.7. The van der Waals surface area contributed by atoms with Crippen LogP contribution in [-0.2, 0) is 0 Å². The van der Waals surface area contributed by atoms with Crippen LogP contribution in [0, 0.1) is 17.5 Å². The van der Waals surface area contributed by atoms with E-state index in [1.54, 1.807) is 36.4 Å². The van der Waals surface area contributed by atoms with E-state index in [1.807, 2.05) is 24.3 Å². The lowest BCUT2D eigenvalue weighted by Gasteiger charge is -2.43. The van der Waals surface area contributed by atoms with Crippen LogP contribution in [0.15, 0.2) is 72.8 Å². The maximum absolute atomic E-state index is 14.0. The number of hydrogen-bond donors (Lipinski definition) is 0. The maximum atomic E-state index is 14.0. The normalized spacial score (nSPS) is 17.0. The number of nitrogens with zero attached hydrogens (tertiary/aromatic N) is 4. The van der Waals surface area contributed by atoms with Crippen LogP contribution in [0.3, 0.4) is 0 Å². The monoisotopic (exact) mass is 722 g/mol. The second-order valence-corrected chi connectivity index (χ2v) is 12.2. The van der Waals surface area contributed by atoms with Crippen LogP contribution in [0.25, 0.3) is 0 Å². The number of benzene rings is 3. The van der Waals surface area contributed by atoms with Gasteiger partial charge in [-0.05, 0) is 86.3 Å². The van der Waals surface area contributed by atoms with Crippen LogP contribution in [0.5, 0.6) is 0 Å². The highest BCUT2D eigenvalue weighted by Crippen LogP contribution is 2.31. The van der Waals surface area contributed by atoms with Crippen LogP contribution in [0.1, 0.15) is 55.3 Å². The van der Waals surface area contributed by atoms with E-state index in [4.69, 9.17) is 0 Å². The molecule has 4 nitrogen and oxygen atoms in total. The summed E-state index contributed by atoms with van der Waals surface area (Å²) in [6, 6.07) is 21.3. The minimum Gasteiger partial charge on any atom is -0.301 e. The van der Waals surface area contributed by atoms with Gasteiger partial charge in [-0.25, -0.2) is 13.2 Å². The Morgan fingerprint density at radius 2 is 1.07 bits per heavy atom. The minimum atomic E-state index is -0.259. The Labute approximate surface area is 298 Å². The van der Waals surface area contributed by atoms with E-state index in [9.17, 15) is 13.2 Å². The molecule has 2 fully saturated rings. The fourth-order valence-corrected chi connectivity index (χ4v) is 6.61. The third-order valence-corrected chi connectivity index (χ3v) is 9.14. The van der Waals surface area contributed by atoms with Crippen molar-refractivity contribution in [2.75, 3.05) is 65.4 Å². The molecule has 46 heavy (non-hydrogen) atoms. The third-order valence-electron chi connectivity index (χ3n) is 9.14. The van der Waals surface area contributed by atoms with Crippen molar-refractivity contribution in [3.05, 3.63) is 107 Å². The molecule has 0 spiro atoms. The summed E-state index contributed by atoms with van der Waals surface area (Å²) in [5.74, 6) is -0.741. The molecular weight excluding hydrogens is 675 g/mol. The average molecular weight is 725 g/mol. The van der Waals surface area contributed by atoms with Crippen molar-refractivity contribution in [2.24, 2.45) is 0 Å². The smallest absolute Gasteiger partial charge is 0.123 e. The molecule has 3 aromatic rings. The molecule has 0 aliphatic carbocycles. The molecule has 0 saturated carbocycles. The van der Waals surface area contributed by atoms with Gasteiger partial charge >= 0.3 is 0 Å². The van der Waals surface area contributed by atoms with Gasteiger partial charge in [0.1, 0.15) is 17.5 Å². The Balaban J connectivity index is 0.00000264. The van der Waals surface area contributed by atoms with Crippen LogP contribution in [-0.4, -0.2) is 91.1 Å². The lowest BCUT2D eigenvalue weighted by Crippen LogP contribution is -2.53. The second-order valence-electron chi connectivity index (χ2n) is 12.2. The van der Waals surface area contributed by atoms with Gasteiger partial charge in [-0.2, -0.15) is 0 Å². The van der Waals surface area contributed by atoms with Crippen molar-refractivity contribution in [3.8, 4) is 0 Å². The van der Waals surface area contributed by atoms with Gasteiger partial charge in [0.25, 0.3) is 0 Å². The van der Waals surface area contributed by atoms with E-state index in [0.29, 0.717) is 6.04 Å². The Bertz CT molecular complexity index is 1230. The van der Waals surface area contributed by atoms with Crippen molar-refractivity contribution in [1.82, 2.24) is 19.6 Å². The zero-order chi connectivity index (χ0) is 29.5. The number of hydrogen-bond acceptors (Lipinski definition) is 4. The van der Waals surface area contributed by atoms with E-state index >= 15 is 0 Å². The van der Waals surface area contributed by atoms with Crippen molar-refractivity contribution in [2.45, 2.75) is 44.7 Å². The topological polar surface area (TPSA) is 13.0 Å². The van der Waals surface area contributed by atoms with Crippen molar-refractivity contribution in [1.29, 1.82) is 0 Å². The highest BCUT2D eigenvalue weighted by molar-refractivity contribution is 5.86. The van der Waals surface area contributed by atoms with Crippen molar-refractivity contribution >= 4 is 49.6 Å². The summed E-state index contributed by atoms with van der Waals surface area (Å²) in [5, 5.41) is 0. The first-order chi connectivity index (χ1) is 20.4. The lowest BCUT2D eigenvalue weighted by atomic mass is 9.87. The molecule has 2 aliphatic rings. The number of rotatable bonds is 11. The molecule has 11 heteroatoms. The van der Waals surface area contributed by atoms with E-state index in [1.165, 1.54) is 17.7 Å². The fourth-order valence-electron chi connectivity index (χ4n) is 6.61. The first kappa shape index (κ1) is 42.5. The molecule has 0 N–H and O–H groups in total. The lowest BCUT2D eigenvalue weighted by molar-refractivity contribution is 0.0479. The molecule has 2 saturated heterocycles. The molecule has 3 aromatic carbocycles. The quantitative estimate of drug-likeness (QED) is 0.198. The van der Waals surface area contributed by atoms with E-state index in [0.717, 1.165) is 89.4 Å². The highest BCUT2D eigenvalue weighted by Gasteiger charge is 2.29. The minimum absolute atomic E-state index is 0. The van der Waals surface area contributed by atoms with Crippen LogP contribution >= 0.6 is 49.6 Å². The molecule has 2 aliphatic heterocycles. The van der Waals surface area contributed by atoms with E-state index in [-0.39, 0.29) is 79.0 Å². The van der Waals surface area contributed by atoms with Gasteiger partial charge < -0.3 is 4.90 Å². The van der Waals surface area contributed by atoms with Gasteiger partial charge in [0.15, 0.2) is 0 Å². The molecule has 0 radical (unpaired) electrons. The molecule has 0 bridgehead atoms. The van der Waals surface area contributed by atoms with Crippen molar-refractivity contribution < 1.29 is 13.2 Å². The Morgan fingerprint density at radius 1 is 0.565 bits per heavy atom. The summed E-state index contributed by atoms with van der Waals surface area (Å²) < 4.78 is 41.8. The van der Waals surface area contributed by atoms with Gasteiger partial charge in [-0.1, -0.05) is 36.4 Å². The summed E-state index contributed by atoms with van der Waals surface area (Å²) in [5.41, 5.74) is 2.98. The predicted molar refractivity (Wildman–Crippen MR) is 193 cm³/mol. The largest absolute Gasteiger partial charge is 0.301 e. The standard InChI is InChI=1S/C35H45F3N4.4ClH/c1-27(2)41-20-22-42(23-21-41)35(28-11-13-31(36)14-12-28)26-40-18-16-39(17-19-40)15-5-10-34(29-6-3-8-32(37)24-29)30-7-4-9-33(38)25-30;;;;/h3-4,6-9,11-14,24-25,27,34-35H,5,10,15-23,26H2,1-2H3;4*1H. The highest BCUT2D eigenvalue weighted by atomic mass is 35.5. The first-order valence-corrected chi connectivity index (χ1v) is 15.5. The number of piperazine rings is 2. The van der Waals surface area contributed by atoms with Crippen LogP contribution in [0.4, 0.5) is 13.2 Å². The summed E-state index contributed by atoms with van der Waals surface area (Å²) in [6.07, 6.45) is 1.79. The molecular formula is C35H49Cl4F3N4. The van der Waals surface area contributed by atoms with Crippen molar-refractivity contribution in [3.63, 3.8) is 0 Å². The van der Waals surface area contributed by atoms with Gasteiger partial charge in [-0.15, -0.1) is 49.6 Å². The summed E-state index contributed by atoms with van der Waals surface area (Å²) in [4.78, 5) is 10.2. The van der Waals surface area contributed by atoms with Crippen LogP contribution in [0.2, 0.25) is 0 Å². The van der Waals surface area contributed by atoms with E-state index < -0.39 is 0 Å². The van der Waals surface area contributed by atoms with Gasteiger partial charge in [0, 0.05) is 76.9 Å².